The van der Waals surface area contributed by atoms with E-state index in [-0.39, 0.29) is 5.75 Å². The molecule has 2 aromatic rings. The van der Waals surface area contributed by atoms with Crippen LogP contribution in [0.4, 0.5) is 5.69 Å². The van der Waals surface area contributed by atoms with Crippen molar-refractivity contribution >= 4 is 40.8 Å². The van der Waals surface area contributed by atoms with Crippen molar-refractivity contribution in [3.8, 4) is 11.5 Å². The van der Waals surface area contributed by atoms with Gasteiger partial charge in [0.1, 0.15) is 0 Å². The Morgan fingerprint density at radius 1 is 1.27 bits per heavy atom. The number of hydrogen-bond donors (Lipinski definition) is 3. The highest BCUT2D eigenvalue weighted by Gasteiger charge is 2.01. The zero-order valence-electron chi connectivity index (χ0n) is 11.7. The molecule has 0 aliphatic rings. The molecule has 0 aliphatic carbocycles. The van der Waals surface area contributed by atoms with Gasteiger partial charge in [0.2, 0.25) is 0 Å². The van der Waals surface area contributed by atoms with Gasteiger partial charge in [0.05, 0.1) is 13.3 Å². The summed E-state index contributed by atoms with van der Waals surface area (Å²) in [6.07, 6.45) is 1.57. The Labute approximate surface area is 138 Å². The van der Waals surface area contributed by atoms with Gasteiger partial charge in [-0.05, 0) is 60.2 Å². The van der Waals surface area contributed by atoms with E-state index in [4.69, 9.17) is 28.6 Å². The molecule has 0 fully saturated rings. The SMILES string of the molecule is COc1cc(/C=N/NC(=S)Nc2ccc(Cl)cc2)ccc1O. The Morgan fingerprint density at radius 3 is 2.68 bits per heavy atom. The Bertz CT molecular complexity index is 690. The number of phenols is 1. The van der Waals surface area contributed by atoms with Crippen LogP contribution in [-0.2, 0) is 0 Å². The lowest BCUT2D eigenvalue weighted by Gasteiger charge is -2.07. The number of aromatic hydroxyl groups is 1. The third-order valence-electron chi connectivity index (χ3n) is 2.69. The van der Waals surface area contributed by atoms with Crippen molar-refractivity contribution < 1.29 is 9.84 Å². The highest BCUT2D eigenvalue weighted by molar-refractivity contribution is 7.80. The van der Waals surface area contributed by atoms with E-state index in [1.807, 2.05) is 12.1 Å². The van der Waals surface area contributed by atoms with E-state index in [1.54, 1.807) is 30.5 Å². The summed E-state index contributed by atoms with van der Waals surface area (Å²) in [5.41, 5.74) is 4.27. The number of hydrazone groups is 1. The molecule has 22 heavy (non-hydrogen) atoms. The molecule has 0 saturated carbocycles. The molecular weight excluding hydrogens is 322 g/mol. The summed E-state index contributed by atoms with van der Waals surface area (Å²) < 4.78 is 5.02. The van der Waals surface area contributed by atoms with Crippen molar-refractivity contribution in [3.63, 3.8) is 0 Å². The largest absolute Gasteiger partial charge is 0.504 e. The van der Waals surface area contributed by atoms with Gasteiger partial charge in [0.25, 0.3) is 0 Å². The van der Waals surface area contributed by atoms with E-state index in [0.29, 0.717) is 15.9 Å². The molecule has 2 aromatic carbocycles. The third-order valence-corrected chi connectivity index (χ3v) is 3.13. The average Bonchev–Trinajstić information content (AvgIpc) is 2.51. The Kier molecular flexibility index (Phi) is 5.57. The number of benzene rings is 2. The van der Waals surface area contributed by atoms with Crippen LogP contribution in [0.5, 0.6) is 11.5 Å². The number of methoxy groups -OCH3 is 1. The number of rotatable bonds is 4. The maximum Gasteiger partial charge on any atom is 0.191 e. The van der Waals surface area contributed by atoms with Crippen LogP contribution in [0.15, 0.2) is 47.6 Å². The monoisotopic (exact) mass is 335 g/mol. The third kappa shape index (κ3) is 4.61. The molecule has 2 rings (SSSR count). The second kappa shape index (κ2) is 7.63. The lowest BCUT2D eigenvalue weighted by Crippen LogP contribution is -2.23. The lowest BCUT2D eigenvalue weighted by molar-refractivity contribution is 0.373. The van der Waals surface area contributed by atoms with Gasteiger partial charge in [-0.2, -0.15) is 5.10 Å². The maximum atomic E-state index is 9.51. The highest BCUT2D eigenvalue weighted by Crippen LogP contribution is 2.25. The van der Waals surface area contributed by atoms with E-state index in [2.05, 4.69) is 15.8 Å². The molecule has 0 radical (unpaired) electrons. The molecule has 0 bridgehead atoms. The van der Waals surface area contributed by atoms with Crippen molar-refractivity contribution in [2.45, 2.75) is 0 Å². The van der Waals surface area contributed by atoms with Crippen LogP contribution in [-0.4, -0.2) is 23.5 Å². The average molecular weight is 336 g/mol. The van der Waals surface area contributed by atoms with Crippen molar-refractivity contribution in [1.82, 2.24) is 5.43 Å². The molecule has 0 saturated heterocycles. The molecule has 3 N–H and O–H groups in total. The van der Waals surface area contributed by atoms with Crippen molar-refractivity contribution in [1.29, 1.82) is 0 Å². The minimum Gasteiger partial charge on any atom is -0.504 e. The lowest BCUT2D eigenvalue weighted by atomic mass is 10.2. The zero-order chi connectivity index (χ0) is 15.9. The van der Waals surface area contributed by atoms with Gasteiger partial charge < -0.3 is 15.2 Å². The molecule has 0 amide bonds. The van der Waals surface area contributed by atoms with Crippen LogP contribution in [0.1, 0.15) is 5.56 Å². The van der Waals surface area contributed by atoms with Crippen LogP contribution in [0.3, 0.4) is 0 Å². The first kappa shape index (κ1) is 16.1. The van der Waals surface area contributed by atoms with Crippen LogP contribution in [0.25, 0.3) is 0 Å². The first-order chi connectivity index (χ1) is 10.6. The number of ether oxygens (including phenoxy) is 1. The smallest absolute Gasteiger partial charge is 0.191 e. The number of hydrogen-bond acceptors (Lipinski definition) is 4. The van der Waals surface area contributed by atoms with Gasteiger partial charge in [-0.3, -0.25) is 5.43 Å². The summed E-state index contributed by atoms with van der Waals surface area (Å²) in [4.78, 5) is 0. The minimum atomic E-state index is 0.0764. The predicted molar refractivity (Wildman–Crippen MR) is 93.1 cm³/mol. The molecule has 7 heteroatoms. The number of anilines is 1. The van der Waals surface area contributed by atoms with Gasteiger partial charge in [-0.25, -0.2) is 0 Å². The summed E-state index contributed by atoms with van der Waals surface area (Å²) in [7, 11) is 1.49. The highest BCUT2D eigenvalue weighted by atomic mass is 35.5. The van der Waals surface area contributed by atoms with Gasteiger partial charge in [0.15, 0.2) is 16.6 Å². The number of thiocarbonyl (C=S) groups is 1. The van der Waals surface area contributed by atoms with Crippen LogP contribution in [0, 0.1) is 0 Å². The molecule has 0 aliphatic heterocycles. The molecule has 0 atom stereocenters. The number of nitrogens with zero attached hydrogens (tertiary/aromatic N) is 1. The Morgan fingerprint density at radius 2 is 2.00 bits per heavy atom. The first-order valence-electron chi connectivity index (χ1n) is 6.31. The summed E-state index contributed by atoms with van der Waals surface area (Å²) in [6.45, 7) is 0. The van der Waals surface area contributed by atoms with Crippen molar-refractivity contribution in [2.75, 3.05) is 12.4 Å². The normalized spacial score (nSPS) is 10.5. The van der Waals surface area contributed by atoms with Crippen LogP contribution < -0.4 is 15.5 Å². The Hall–Kier alpha value is -2.31. The summed E-state index contributed by atoms with van der Waals surface area (Å²) in [5.74, 6) is 0.457. The number of halogens is 1. The van der Waals surface area contributed by atoms with E-state index in [0.717, 1.165) is 11.3 Å². The molecule has 0 unspecified atom stereocenters. The van der Waals surface area contributed by atoms with Crippen molar-refractivity contribution in [2.24, 2.45) is 5.10 Å². The molecule has 5 nitrogen and oxygen atoms in total. The van der Waals surface area contributed by atoms with E-state index in [9.17, 15) is 5.11 Å². The van der Waals surface area contributed by atoms with E-state index < -0.39 is 0 Å². The van der Waals surface area contributed by atoms with Gasteiger partial charge in [0, 0.05) is 10.7 Å². The van der Waals surface area contributed by atoms with Gasteiger partial charge in [-0.1, -0.05) is 11.6 Å². The van der Waals surface area contributed by atoms with E-state index >= 15 is 0 Å². The predicted octanol–water partition coefficient (Wildman–Crippen LogP) is 3.37. The summed E-state index contributed by atoms with van der Waals surface area (Å²) >= 11 is 10.9. The topological polar surface area (TPSA) is 65.9 Å². The standard InChI is InChI=1S/C15H14ClN3O2S/c1-21-14-8-10(2-7-13(14)20)9-17-19-15(22)18-12-5-3-11(16)4-6-12/h2-9,20H,1H3,(H2,18,19,22)/b17-9+. The first-order valence-corrected chi connectivity index (χ1v) is 7.10. The fraction of sp³-hybridized carbons (Fsp3) is 0.0667. The van der Waals surface area contributed by atoms with E-state index in [1.165, 1.54) is 13.2 Å². The second-order valence-electron chi connectivity index (χ2n) is 4.26. The molecular formula is C15H14ClN3O2S. The molecule has 114 valence electrons. The minimum absolute atomic E-state index is 0.0764. The quantitative estimate of drug-likeness (QED) is 0.454. The van der Waals surface area contributed by atoms with Crippen molar-refractivity contribution in [3.05, 3.63) is 53.1 Å². The molecule has 0 aromatic heterocycles. The fourth-order valence-corrected chi connectivity index (χ4v) is 1.93. The number of phenolic OH excluding ortho intramolecular Hbond substituents is 1. The second-order valence-corrected chi connectivity index (χ2v) is 5.11. The summed E-state index contributed by atoms with van der Waals surface area (Å²) in [5, 5.41) is 17.5. The summed E-state index contributed by atoms with van der Waals surface area (Å²) in [6, 6.07) is 12.0. The number of nitrogens with one attached hydrogen (secondary N) is 2. The maximum absolute atomic E-state index is 9.51. The van der Waals surface area contributed by atoms with Gasteiger partial charge in [-0.15, -0.1) is 0 Å². The fourth-order valence-electron chi connectivity index (χ4n) is 1.63. The molecule has 0 heterocycles. The Balaban J connectivity index is 1.91. The zero-order valence-corrected chi connectivity index (χ0v) is 13.3. The van der Waals surface area contributed by atoms with Gasteiger partial charge >= 0.3 is 0 Å². The molecule has 0 spiro atoms. The van der Waals surface area contributed by atoms with Crippen LogP contribution in [0.2, 0.25) is 5.02 Å². The van der Waals surface area contributed by atoms with Crippen LogP contribution >= 0.6 is 23.8 Å².